The molecular formula is C20H23ClN8O2. The molecule has 4 rings (SSSR count). The van der Waals surface area contributed by atoms with Crippen molar-refractivity contribution in [2.45, 2.75) is 52.2 Å². The summed E-state index contributed by atoms with van der Waals surface area (Å²) in [6, 6.07) is 9.63. The van der Waals surface area contributed by atoms with Crippen molar-refractivity contribution in [3.8, 4) is 11.4 Å². The van der Waals surface area contributed by atoms with Crippen molar-refractivity contribution in [2.24, 2.45) is 0 Å². The van der Waals surface area contributed by atoms with Crippen LogP contribution in [-0.2, 0) is 19.6 Å². The summed E-state index contributed by atoms with van der Waals surface area (Å²) in [4.78, 5) is 34.2. The van der Waals surface area contributed by atoms with E-state index < -0.39 is 5.56 Å². The highest BCUT2D eigenvalue weighted by Gasteiger charge is 2.16. The van der Waals surface area contributed by atoms with Gasteiger partial charge < -0.3 is 4.98 Å². The van der Waals surface area contributed by atoms with Crippen molar-refractivity contribution >= 4 is 22.8 Å². The molecule has 0 unspecified atom stereocenters. The normalized spacial score (nSPS) is 11.4. The number of H-pyrrole nitrogens is 1. The fourth-order valence-electron chi connectivity index (χ4n) is 3.42. The topological polar surface area (TPSA) is 116 Å². The lowest BCUT2D eigenvalue weighted by atomic mass is 10.2. The average molecular weight is 443 g/mol. The lowest BCUT2D eigenvalue weighted by molar-refractivity contribution is 0.457. The Balaban J connectivity index is 1.46. The monoisotopic (exact) mass is 442 g/mol. The summed E-state index contributed by atoms with van der Waals surface area (Å²) < 4.78 is 2.77. The second-order valence-corrected chi connectivity index (χ2v) is 7.61. The van der Waals surface area contributed by atoms with Crippen LogP contribution >= 0.6 is 11.6 Å². The molecule has 31 heavy (non-hydrogen) atoms. The summed E-state index contributed by atoms with van der Waals surface area (Å²) in [6.45, 7) is 3.35. The fourth-order valence-corrected chi connectivity index (χ4v) is 3.59. The van der Waals surface area contributed by atoms with Crippen molar-refractivity contribution in [1.82, 2.24) is 39.3 Å². The van der Waals surface area contributed by atoms with E-state index in [-0.39, 0.29) is 23.0 Å². The number of imidazole rings is 1. The van der Waals surface area contributed by atoms with Gasteiger partial charge in [-0.2, -0.15) is 9.78 Å². The number of nitrogens with one attached hydrogen (secondary N) is 1. The molecule has 1 aromatic carbocycles. The van der Waals surface area contributed by atoms with E-state index in [0.29, 0.717) is 37.4 Å². The zero-order chi connectivity index (χ0) is 21.8. The molecule has 11 heteroatoms. The number of aryl methyl sites for hydroxylation is 2. The number of halogens is 1. The molecule has 1 N–H and O–H groups in total. The second kappa shape index (κ2) is 9.25. The highest BCUT2D eigenvalue weighted by Crippen LogP contribution is 2.12. The van der Waals surface area contributed by atoms with Gasteiger partial charge in [0.25, 0.3) is 5.56 Å². The zero-order valence-corrected chi connectivity index (χ0v) is 17.9. The Morgan fingerprint density at radius 3 is 2.52 bits per heavy atom. The molecule has 162 valence electrons. The Morgan fingerprint density at radius 1 is 1.00 bits per heavy atom. The Kier molecular flexibility index (Phi) is 6.26. The summed E-state index contributed by atoms with van der Waals surface area (Å²) in [5.74, 6) is 0.567. The Bertz CT molecular complexity index is 1290. The Morgan fingerprint density at radius 2 is 1.74 bits per heavy atom. The van der Waals surface area contributed by atoms with Gasteiger partial charge in [0.05, 0.1) is 6.54 Å². The predicted octanol–water partition coefficient (Wildman–Crippen LogP) is 2.47. The molecule has 4 aromatic rings. The van der Waals surface area contributed by atoms with Gasteiger partial charge in [-0.15, -0.1) is 10.2 Å². The van der Waals surface area contributed by atoms with Gasteiger partial charge in [-0.1, -0.05) is 43.7 Å². The maximum absolute atomic E-state index is 12.9. The smallest absolute Gasteiger partial charge is 0.323 e. The Labute approximate surface area is 182 Å². The number of fused-ring (bicyclic) bond motifs is 1. The van der Waals surface area contributed by atoms with Crippen LogP contribution in [0.15, 0.2) is 39.9 Å². The van der Waals surface area contributed by atoms with E-state index in [4.69, 9.17) is 11.6 Å². The molecule has 0 amide bonds. The molecule has 0 bridgehead atoms. The number of aromatic nitrogens is 8. The molecule has 3 aromatic heterocycles. The van der Waals surface area contributed by atoms with Crippen LogP contribution in [0.5, 0.6) is 0 Å². The molecule has 3 heterocycles. The van der Waals surface area contributed by atoms with Gasteiger partial charge in [0.1, 0.15) is 0 Å². The van der Waals surface area contributed by atoms with E-state index in [9.17, 15) is 9.59 Å². The van der Waals surface area contributed by atoms with Crippen molar-refractivity contribution < 1.29 is 0 Å². The number of tetrazole rings is 1. The van der Waals surface area contributed by atoms with E-state index in [1.54, 1.807) is 0 Å². The van der Waals surface area contributed by atoms with E-state index in [2.05, 4.69) is 25.4 Å². The fraction of sp³-hybridized carbons (Fsp3) is 0.400. The van der Waals surface area contributed by atoms with Gasteiger partial charge in [0.15, 0.2) is 11.2 Å². The van der Waals surface area contributed by atoms with Crippen LogP contribution in [-0.4, -0.2) is 39.3 Å². The maximum atomic E-state index is 12.9. The Hall–Kier alpha value is -3.27. The van der Waals surface area contributed by atoms with Crippen molar-refractivity contribution in [2.75, 3.05) is 0 Å². The lowest BCUT2D eigenvalue weighted by Gasteiger charge is -2.10. The first-order chi connectivity index (χ1) is 15.1. The summed E-state index contributed by atoms with van der Waals surface area (Å²) in [7, 11) is 0. The third kappa shape index (κ3) is 4.43. The molecule has 0 aliphatic rings. The van der Waals surface area contributed by atoms with Gasteiger partial charge in [-0.25, -0.2) is 4.79 Å². The molecule has 0 aliphatic carbocycles. The van der Waals surface area contributed by atoms with Crippen LogP contribution in [0.25, 0.3) is 22.6 Å². The maximum Gasteiger partial charge on any atom is 0.332 e. The van der Waals surface area contributed by atoms with Crippen LogP contribution in [0.3, 0.4) is 0 Å². The van der Waals surface area contributed by atoms with E-state index >= 15 is 0 Å². The molecule has 0 radical (unpaired) electrons. The summed E-state index contributed by atoms with van der Waals surface area (Å²) >= 11 is 5.95. The van der Waals surface area contributed by atoms with E-state index in [1.807, 2.05) is 37.3 Å². The van der Waals surface area contributed by atoms with Crippen molar-refractivity contribution in [1.29, 1.82) is 0 Å². The van der Waals surface area contributed by atoms with Crippen molar-refractivity contribution in [3.63, 3.8) is 0 Å². The number of hydrogen-bond acceptors (Lipinski definition) is 6. The lowest BCUT2D eigenvalue weighted by Crippen LogP contribution is -2.40. The van der Waals surface area contributed by atoms with Crippen LogP contribution < -0.4 is 11.2 Å². The first kappa shape index (κ1) is 21.0. The first-order valence-electron chi connectivity index (χ1n) is 10.3. The average Bonchev–Trinajstić information content (AvgIpc) is 3.40. The zero-order valence-electron chi connectivity index (χ0n) is 17.2. The molecule has 0 saturated heterocycles. The highest BCUT2D eigenvalue weighted by atomic mass is 35.5. The van der Waals surface area contributed by atoms with Gasteiger partial charge in [0.2, 0.25) is 11.1 Å². The van der Waals surface area contributed by atoms with Crippen LogP contribution in [0.4, 0.5) is 0 Å². The molecule has 0 saturated carbocycles. The first-order valence-corrected chi connectivity index (χ1v) is 10.7. The largest absolute Gasteiger partial charge is 0.332 e. The molecule has 0 aliphatic heterocycles. The minimum Gasteiger partial charge on any atom is -0.323 e. The highest BCUT2D eigenvalue weighted by molar-refractivity contribution is 6.28. The number of benzene rings is 1. The third-order valence-corrected chi connectivity index (χ3v) is 5.22. The standard InChI is InChI=1S/C20H23ClN8O2/c1-2-3-11-27-17-15(22-19(21)23-17)18(30)28(20(27)31)12-7-8-13-29-25-16(24-26-29)14-9-5-4-6-10-14/h4-6,9-10H,2-3,7-8,11-13H2,1H3,(H,22,23). The molecule has 0 fully saturated rings. The summed E-state index contributed by atoms with van der Waals surface area (Å²) in [5, 5.41) is 12.6. The van der Waals surface area contributed by atoms with E-state index in [0.717, 1.165) is 18.4 Å². The number of unbranched alkanes of at least 4 members (excludes halogenated alkanes) is 2. The molecule has 0 atom stereocenters. The second-order valence-electron chi connectivity index (χ2n) is 7.25. The van der Waals surface area contributed by atoms with E-state index in [1.165, 1.54) is 13.9 Å². The van der Waals surface area contributed by atoms with Gasteiger partial charge in [0, 0.05) is 18.7 Å². The van der Waals surface area contributed by atoms with Crippen LogP contribution in [0.1, 0.15) is 32.6 Å². The quantitative estimate of drug-likeness (QED) is 0.314. The number of nitrogens with zero attached hydrogens (tertiary/aromatic N) is 7. The number of aromatic amines is 1. The van der Waals surface area contributed by atoms with Gasteiger partial charge >= 0.3 is 5.69 Å². The van der Waals surface area contributed by atoms with Crippen LogP contribution in [0, 0.1) is 0 Å². The minimum atomic E-state index is -0.405. The number of hydrogen-bond donors (Lipinski definition) is 1. The minimum absolute atomic E-state index is 0.0981. The SMILES string of the molecule is CCCCn1c(=O)n(CCCCn2nnc(-c3ccccc3)n2)c(=O)c2[nH]c(Cl)nc21. The number of rotatable bonds is 9. The van der Waals surface area contributed by atoms with Crippen LogP contribution in [0.2, 0.25) is 5.28 Å². The third-order valence-electron chi connectivity index (χ3n) is 5.04. The molecule has 0 spiro atoms. The van der Waals surface area contributed by atoms with Crippen molar-refractivity contribution in [3.05, 3.63) is 56.5 Å². The summed E-state index contributed by atoms with van der Waals surface area (Å²) in [6.07, 6.45) is 3.02. The van der Waals surface area contributed by atoms with Gasteiger partial charge in [-0.05, 0) is 36.1 Å². The van der Waals surface area contributed by atoms with Gasteiger partial charge in [-0.3, -0.25) is 13.9 Å². The molecular weight excluding hydrogens is 420 g/mol. The molecule has 10 nitrogen and oxygen atoms in total. The predicted molar refractivity (Wildman–Crippen MR) is 117 cm³/mol. The summed E-state index contributed by atoms with van der Waals surface area (Å²) in [5.41, 5.74) is 0.701.